The average molecular weight is 251 g/mol. The first kappa shape index (κ1) is 12.6. The number of hydrogen-bond acceptors (Lipinski definition) is 4. The van der Waals surface area contributed by atoms with Gasteiger partial charge in [0.1, 0.15) is 0 Å². The van der Waals surface area contributed by atoms with E-state index in [1.807, 2.05) is 0 Å². The number of H-pyrrole nitrogens is 1. The number of carbonyl (C=O) groups is 2. The molecular weight excluding hydrogens is 234 g/mol. The maximum Gasteiger partial charge on any atom is 0.310 e. The van der Waals surface area contributed by atoms with Gasteiger partial charge >= 0.3 is 5.97 Å². The minimum Gasteiger partial charge on any atom is -0.466 e. The van der Waals surface area contributed by atoms with Crippen LogP contribution in [0.15, 0.2) is 12.4 Å². The Morgan fingerprint density at radius 1 is 1.61 bits per heavy atom. The van der Waals surface area contributed by atoms with Gasteiger partial charge in [0.15, 0.2) is 0 Å². The molecule has 1 aliphatic rings. The van der Waals surface area contributed by atoms with Gasteiger partial charge in [-0.1, -0.05) is 0 Å². The lowest BCUT2D eigenvalue weighted by Crippen LogP contribution is -2.42. The van der Waals surface area contributed by atoms with Crippen molar-refractivity contribution < 1.29 is 14.3 Å². The van der Waals surface area contributed by atoms with Crippen LogP contribution in [0.1, 0.15) is 30.1 Å². The van der Waals surface area contributed by atoms with Crippen LogP contribution >= 0.6 is 0 Å². The number of rotatable bonds is 3. The molecular formula is C12H17N3O3. The Morgan fingerprint density at radius 3 is 3.11 bits per heavy atom. The number of ether oxygens (including phenoxy) is 1. The summed E-state index contributed by atoms with van der Waals surface area (Å²) in [5.74, 6) is -0.491. The molecule has 1 atom stereocenters. The number of nitrogens with one attached hydrogen (secondary N) is 1. The molecule has 1 fully saturated rings. The van der Waals surface area contributed by atoms with E-state index < -0.39 is 0 Å². The largest absolute Gasteiger partial charge is 0.466 e. The molecule has 2 heterocycles. The number of aromatic amines is 1. The maximum atomic E-state index is 12.1. The second-order valence-corrected chi connectivity index (χ2v) is 4.33. The highest BCUT2D eigenvalue weighted by molar-refractivity contribution is 5.94. The van der Waals surface area contributed by atoms with Crippen LogP contribution in [0.2, 0.25) is 0 Å². The van der Waals surface area contributed by atoms with E-state index in [2.05, 4.69) is 10.2 Å². The van der Waals surface area contributed by atoms with Gasteiger partial charge in [-0.25, -0.2) is 0 Å². The van der Waals surface area contributed by atoms with E-state index in [9.17, 15) is 9.59 Å². The third kappa shape index (κ3) is 2.69. The Bertz CT molecular complexity index is 416. The molecule has 0 saturated carbocycles. The number of likely N-dealkylation sites (tertiary alicyclic amines) is 1. The second kappa shape index (κ2) is 5.66. The lowest BCUT2D eigenvalue weighted by molar-refractivity contribution is -0.149. The molecule has 1 aromatic heterocycles. The molecule has 6 nitrogen and oxygen atoms in total. The van der Waals surface area contributed by atoms with E-state index in [0.717, 1.165) is 12.8 Å². The fraction of sp³-hybridized carbons (Fsp3) is 0.583. The van der Waals surface area contributed by atoms with Crippen molar-refractivity contribution >= 4 is 11.9 Å². The second-order valence-electron chi connectivity index (χ2n) is 4.33. The van der Waals surface area contributed by atoms with Crippen LogP contribution in [-0.2, 0) is 9.53 Å². The number of esters is 1. The molecule has 1 amide bonds. The molecule has 1 aliphatic heterocycles. The summed E-state index contributed by atoms with van der Waals surface area (Å²) in [5, 5.41) is 6.37. The van der Waals surface area contributed by atoms with Crippen LogP contribution in [0.4, 0.5) is 0 Å². The van der Waals surface area contributed by atoms with Crippen LogP contribution in [0.3, 0.4) is 0 Å². The minimum atomic E-state index is -0.206. The number of nitrogens with zero attached hydrogens (tertiary/aromatic N) is 2. The van der Waals surface area contributed by atoms with Gasteiger partial charge in [0.05, 0.1) is 24.3 Å². The van der Waals surface area contributed by atoms with Crippen LogP contribution in [0.5, 0.6) is 0 Å². The van der Waals surface area contributed by atoms with E-state index in [0.29, 0.717) is 25.3 Å². The fourth-order valence-corrected chi connectivity index (χ4v) is 2.16. The highest BCUT2D eigenvalue weighted by atomic mass is 16.5. The lowest BCUT2D eigenvalue weighted by atomic mass is 9.98. The normalized spacial score (nSPS) is 19.6. The average Bonchev–Trinajstić information content (AvgIpc) is 2.92. The lowest BCUT2D eigenvalue weighted by Gasteiger charge is -2.31. The third-order valence-electron chi connectivity index (χ3n) is 3.07. The smallest absolute Gasteiger partial charge is 0.310 e. The Kier molecular flexibility index (Phi) is 3.96. The monoisotopic (exact) mass is 251 g/mol. The van der Waals surface area contributed by atoms with Crippen LogP contribution in [0.25, 0.3) is 0 Å². The summed E-state index contributed by atoms with van der Waals surface area (Å²) in [4.78, 5) is 25.5. The summed E-state index contributed by atoms with van der Waals surface area (Å²) in [6.45, 7) is 3.28. The van der Waals surface area contributed by atoms with Gasteiger partial charge in [-0.2, -0.15) is 5.10 Å². The SMILES string of the molecule is CCOC(=O)[C@H]1CCCN(C(=O)c2cn[nH]c2)C1. The minimum absolute atomic E-state index is 0.0854. The summed E-state index contributed by atoms with van der Waals surface area (Å²) >= 11 is 0. The molecule has 0 aromatic carbocycles. The van der Waals surface area contributed by atoms with Crippen LogP contribution < -0.4 is 0 Å². The van der Waals surface area contributed by atoms with Gasteiger partial charge in [0.2, 0.25) is 0 Å². The number of amides is 1. The molecule has 0 bridgehead atoms. The molecule has 1 saturated heterocycles. The van der Waals surface area contributed by atoms with E-state index in [-0.39, 0.29) is 17.8 Å². The number of carbonyl (C=O) groups excluding carboxylic acids is 2. The first-order chi connectivity index (χ1) is 8.72. The molecule has 2 rings (SSSR count). The van der Waals surface area contributed by atoms with Crippen molar-refractivity contribution in [2.75, 3.05) is 19.7 Å². The number of piperidine rings is 1. The molecule has 98 valence electrons. The maximum absolute atomic E-state index is 12.1. The molecule has 0 unspecified atom stereocenters. The summed E-state index contributed by atoms with van der Waals surface area (Å²) in [5.41, 5.74) is 0.527. The van der Waals surface area contributed by atoms with Crippen LogP contribution in [-0.4, -0.2) is 46.7 Å². The number of hydrogen-bond donors (Lipinski definition) is 1. The molecule has 0 aliphatic carbocycles. The Balaban J connectivity index is 1.98. The zero-order chi connectivity index (χ0) is 13.0. The van der Waals surface area contributed by atoms with Gasteiger partial charge < -0.3 is 9.64 Å². The quantitative estimate of drug-likeness (QED) is 0.807. The molecule has 0 spiro atoms. The first-order valence-electron chi connectivity index (χ1n) is 6.17. The van der Waals surface area contributed by atoms with Gasteiger partial charge in [0, 0.05) is 19.3 Å². The Morgan fingerprint density at radius 2 is 2.44 bits per heavy atom. The van der Waals surface area contributed by atoms with Gasteiger partial charge in [-0.15, -0.1) is 0 Å². The van der Waals surface area contributed by atoms with Crippen molar-refractivity contribution in [3.8, 4) is 0 Å². The Labute approximate surface area is 105 Å². The zero-order valence-corrected chi connectivity index (χ0v) is 10.4. The fourth-order valence-electron chi connectivity index (χ4n) is 2.16. The molecule has 6 heteroatoms. The summed E-state index contributed by atoms with van der Waals surface area (Å²) in [6.07, 6.45) is 4.67. The molecule has 18 heavy (non-hydrogen) atoms. The van der Waals surface area contributed by atoms with Crippen molar-refractivity contribution in [3.05, 3.63) is 18.0 Å². The van der Waals surface area contributed by atoms with Gasteiger partial charge in [-0.05, 0) is 19.8 Å². The van der Waals surface area contributed by atoms with Gasteiger partial charge in [-0.3, -0.25) is 14.7 Å². The standard InChI is InChI=1S/C12H17N3O3/c1-2-18-12(17)9-4-3-5-15(8-9)11(16)10-6-13-14-7-10/h6-7,9H,2-5,8H2,1H3,(H,13,14)/t9-/m0/s1. The summed E-state index contributed by atoms with van der Waals surface area (Å²) in [7, 11) is 0. The van der Waals surface area contributed by atoms with Crippen molar-refractivity contribution in [2.45, 2.75) is 19.8 Å². The highest BCUT2D eigenvalue weighted by Crippen LogP contribution is 2.19. The predicted octanol–water partition coefficient (Wildman–Crippen LogP) is 0.825. The van der Waals surface area contributed by atoms with Crippen molar-refractivity contribution in [3.63, 3.8) is 0 Å². The zero-order valence-electron chi connectivity index (χ0n) is 10.4. The molecule has 1 N–H and O–H groups in total. The van der Waals surface area contributed by atoms with Crippen molar-refractivity contribution in [1.82, 2.24) is 15.1 Å². The van der Waals surface area contributed by atoms with Crippen molar-refractivity contribution in [2.24, 2.45) is 5.92 Å². The first-order valence-corrected chi connectivity index (χ1v) is 6.17. The van der Waals surface area contributed by atoms with Crippen LogP contribution in [0, 0.1) is 5.92 Å². The summed E-state index contributed by atoms with van der Waals surface area (Å²) in [6, 6.07) is 0. The Hall–Kier alpha value is -1.85. The van der Waals surface area contributed by atoms with E-state index >= 15 is 0 Å². The highest BCUT2D eigenvalue weighted by Gasteiger charge is 2.29. The van der Waals surface area contributed by atoms with Crippen molar-refractivity contribution in [1.29, 1.82) is 0 Å². The predicted molar refractivity (Wildman–Crippen MR) is 63.8 cm³/mol. The summed E-state index contributed by atoms with van der Waals surface area (Å²) < 4.78 is 5.00. The molecule has 1 aromatic rings. The van der Waals surface area contributed by atoms with E-state index in [4.69, 9.17) is 4.74 Å². The van der Waals surface area contributed by atoms with Gasteiger partial charge in [0.25, 0.3) is 5.91 Å². The third-order valence-corrected chi connectivity index (χ3v) is 3.07. The topological polar surface area (TPSA) is 75.3 Å². The van der Waals surface area contributed by atoms with E-state index in [1.54, 1.807) is 18.0 Å². The van der Waals surface area contributed by atoms with E-state index in [1.165, 1.54) is 6.20 Å². The molecule has 0 radical (unpaired) electrons. The number of aromatic nitrogens is 2.